The molecule has 2 aromatic rings. The van der Waals surface area contributed by atoms with E-state index in [0.29, 0.717) is 11.6 Å². The Morgan fingerprint density at radius 2 is 1.78 bits per heavy atom. The summed E-state index contributed by atoms with van der Waals surface area (Å²) in [5, 5.41) is 3.51. The third-order valence-corrected chi connectivity index (χ3v) is 5.00. The summed E-state index contributed by atoms with van der Waals surface area (Å²) in [6.07, 6.45) is 0. The highest BCUT2D eigenvalue weighted by molar-refractivity contribution is 6.31. The molecule has 27 heavy (non-hydrogen) atoms. The van der Waals surface area contributed by atoms with Crippen molar-refractivity contribution >= 4 is 29.1 Å². The molecule has 2 atom stereocenters. The molecule has 0 bridgehead atoms. The van der Waals surface area contributed by atoms with Crippen molar-refractivity contribution in [3.63, 3.8) is 0 Å². The van der Waals surface area contributed by atoms with Gasteiger partial charge in [-0.3, -0.25) is 9.59 Å². The predicted octanol–water partition coefficient (Wildman–Crippen LogP) is 2.15. The SMILES string of the molecule is Cc1ccc(NC(=O)CN(C)C(=O)[C@H](C)[NH+](C)Cc2ccccc2Cl)cc1. The standard InChI is InChI=1S/C21H26ClN3O2/c1-15-9-11-18(12-10-15)23-20(26)14-25(4)21(27)16(2)24(3)13-17-7-5-6-8-19(17)22/h5-12,16H,13-14H2,1-4H3,(H,23,26)/p+1/t16-/m0/s1. The highest BCUT2D eigenvalue weighted by Gasteiger charge is 2.26. The van der Waals surface area contributed by atoms with Gasteiger partial charge >= 0.3 is 0 Å². The maximum atomic E-state index is 12.7. The minimum Gasteiger partial charge on any atom is -0.331 e. The third-order valence-electron chi connectivity index (χ3n) is 4.63. The molecule has 2 amide bonds. The quantitative estimate of drug-likeness (QED) is 0.763. The largest absolute Gasteiger partial charge is 0.331 e. The fraction of sp³-hybridized carbons (Fsp3) is 0.333. The van der Waals surface area contributed by atoms with Crippen molar-refractivity contribution < 1.29 is 14.5 Å². The van der Waals surface area contributed by atoms with E-state index in [1.165, 1.54) is 4.90 Å². The monoisotopic (exact) mass is 388 g/mol. The lowest BCUT2D eigenvalue weighted by atomic mass is 10.2. The van der Waals surface area contributed by atoms with Crippen LogP contribution in [0.15, 0.2) is 48.5 Å². The second-order valence-corrected chi connectivity index (χ2v) is 7.35. The van der Waals surface area contributed by atoms with Gasteiger partial charge in [0.15, 0.2) is 6.04 Å². The maximum Gasteiger partial charge on any atom is 0.280 e. The summed E-state index contributed by atoms with van der Waals surface area (Å²) in [6, 6.07) is 14.9. The first-order valence-corrected chi connectivity index (χ1v) is 9.33. The molecular weight excluding hydrogens is 362 g/mol. The van der Waals surface area contributed by atoms with Gasteiger partial charge in [0.2, 0.25) is 5.91 Å². The fourth-order valence-corrected chi connectivity index (χ4v) is 2.97. The van der Waals surface area contributed by atoms with Gasteiger partial charge in [-0.1, -0.05) is 47.5 Å². The Balaban J connectivity index is 1.89. The number of hydrogen-bond acceptors (Lipinski definition) is 2. The van der Waals surface area contributed by atoms with Crippen molar-refractivity contribution in [3.05, 3.63) is 64.7 Å². The zero-order valence-corrected chi connectivity index (χ0v) is 17.0. The summed E-state index contributed by atoms with van der Waals surface area (Å²) in [5.74, 6) is -0.302. The first kappa shape index (κ1) is 20.9. The van der Waals surface area contributed by atoms with Crippen LogP contribution < -0.4 is 10.2 Å². The number of carbonyl (C=O) groups excluding carboxylic acids is 2. The van der Waals surface area contributed by atoms with Crippen molar-refractivity contribution in [2.24, 2.45) is 0 Å². The minimum absolute atomic E-state index is 0.0103. The highest BCUT2D eigenvalue weighted by Crippen LogP contribution is 2.13. The Labute approximate surface area is 165 Å². The van der Waals surface area contributed by atoms with Crippen molar-refractivity contribution in [2.45, 2.75) is 26.4 Å². The molecule has 0 fully saturated rings. The van der Waals surface area contributed by atoms with Crippen LogP contribution in [0.25, 0.3) is 0 Å². The van der Waals surface area contributed by atoms with Crippen LogP contribution in [0.1, 0.15) is 18.1 Å². The average molecular weight is 389 g/mol. The maximum absolute atomic E-state index is 12.7. The van der Waals surface area contributed by atoms with Gasteiger partial charge in [-0.2, -0.15) is 0 Å². The molecule has 0 saturated carbocycles. The average Bonchev–Trinajstić information content (AvgIpc) is 2.64. The molecule has 0 radical (unpaired) electrons. The molecular formula is C21H27ClN3O2+. The smallest absolute Gasteiger partial charge is 0.280 e. The lowest BCUT2D eigenvalue weighted by Crippen LogP contribution is -3.12. The molecule has 0 saturated heterocycles. The van der Waals surface area contributed by atoms with Gasteiger partial charge in [0.1, 0.15) is 6.54 Å². The highest BCUT2D eigenvalue weighted by atomic mass is 35.5. The van der Waals surface area contributed by atoms with Crippen LogP contribution in [0.4, 0.5) is 5.69 Å². The van der Waals surface area contributed by atoms with Gasteiger partial charge in [-0.05, 0) is 32.0 Å². The molecule has 2 aromatic carbocycles. The molecule has 0 aliphatic rings. The molecule has 5 nitrogen and oxygen atoms in total. The number of rotatable bonds is 7. The zero-order chi connectivity index (χ0) is 20.0. The van der Waals surface area contributed by atoms with E-state index < -0.39 is 0 Å². The van der Waals surface area contributed by atoms with Crippen LogP contribution in [0.5, 0.6) is 0 Å². The Morgan fingerprint density at radius 3 is 2.41 bits per heavy atom. The summed E-state index contributed by atoms with van der Waals surface area (Å²) < 4.78 is 0. The van der Waals surface area contributed by atoms with Crippen LogP contribution in [0.3, 0.4) is 0 Å². The number of nitrogens with zero attached hydrogens (tertiary/aromatic N) is 1. The number of halogens is 1. The Bertz CT molecular complexity index is 792. The molecule has 0 aliphatic heterocycles. The number of likely N-dealkylation sites (N-methyl/N-ethyl adjacent to an activating group) is 2. The van der Waals surface area contributed by atoms with E-state index in [4.69, 9.17) is 11.6 Å². The number of nitrogens with one attached hydrogen (secondary N) is 2. The van der Waals surface area contributed by atoms with E-state index in [2.05, 4.69) is 5.32 Å². The zero-order valence-electron chi connectivity index (χ0n) is 16.3. The molecule has 0 aromatic heterocycles. The first-order chi connectivity index (χ1) is 12.8. The number of quaternary nitrogens is 1. The molecule has 0 heterocycles. The molecule has 2 N–H and O–H groups in total. The van der Waals surface area contributed by atoms with E-state index in [0.717, 1.165) is 21.7 Å². The lowest BCUT2D eigenvalue weighted by molar-refractivity contribution is -0.908. The number of hydrogen-bond donors (Lipinski definition) is 2. The number of anilines is 1. The second-order valence-electron chi connectivity index (χ2n) is 6.94. The Hall–Kier alpha value is -2.37. The molecule has 0 aliphatic carbocycles. The normalized spacial score (nSPS) is 12.9. The van der Waals surface area contributed by atoms with Gasteiger partial charge < -0.3 is 15.1 Å². The number of benzene rings is 2. The fourth-order valence-electron chi connectivity index (χ4n) is 2.77. The summed E-state index contributed by atoms with van der Waals surface area (Å²) in [7, 11) is 3.60. The van der Waals surface area contributed by atoms with Gasteiger partial charge in [-0.15, -0.1) is 0 Å². The van der Waals surface area contributed by atoms with Gasteiger partial charge in [0.05, 0.1) is 13.6 Å². The minimum atomic E-state index is -0.293. The van der Waals surface area contributed by atoms with Crippen molar-refractivity contribution in [3.8, 4) is 0 Å². The number of amides is 2. The van der Waals surface area contributed by atoms with E-state index in [-0.39, 0.29) is 24.4 Å². The lowest BCUT2D eigenvalue weighted by Gasteiger charge is -2.25. The van der Waals surface area contributed by atoms with E-state index in [1.807, 2.05) is 69.4 Å². The first-order valence-electron chi connectivity index (χ1n) is 8.95. The van der Waals surface area contributed by atoms with Crippen LogP contribution in [-0.2, 0) is 16.1 Å². The summed E-state index contributed by atoms with van der Waals surface area (Å²) in [6.45, 7) is 4.50. The van der Waals surface area contributed by atoms with Crippen LogP contribution >= 0.6 is 11.6 Å². The van der Waals surface area contributed by atoms with Crippen molar-refractivity contribution in [2.75, 3.05) is 26.0 Å². The predicted molar refractivity (Wildman–Crippen MR) is 109 cm³/mol. The molecule has 2 rings (SSSR count). The van der Waals surface area contributed by atoms with Crippen LogP contribution in [-0.4, -0.2) is 43.4 Å². The van der Waals surface area contributed by atoms with Gasteiger partial charge in [0, 0.05) is 23.3 Å². The van der Waals surface area contributed by atoms with Crippen LogP contribution in [0.2, 0.25) is 5.02 Å². The van der Waals surface area contributed by atoms with Gasteiger partial charge in [-0.25, -0.2) is 0 Å². The molecule has 0 spiro atoms. The van der Waals surface area contributed by atoms with E-state index in [1.54, 1.807) is 7.05 Å². The third kappa shape index (κ3) is 6.08. The summed E-state index contributed by atoms with van der Waals surface area (Å²) in [4.78, 5) is 27.4. The van der Waals surface area contributed by atoms with E-state index in [9.17, 15) is 9.59 Å². The van der Waals surface area contributed by atoms with Crippen molar-refractivity contribution in [1.29, 1.82) is 0 Å². The number of carbonyl (C=O) groups is 2. The molecule has 6 heteroatoms. The van der Waals surface area contributed by atoms with Gasteiger partial charge in [0.25, 0.3) is 5.91 Å². The topological polar surface area (TPSA) is 53.9 Å². The Morgan fingerprint density at radius 1 is 1.15 bits per heavy atom. The Kier molecular flexibility index (Phi) is 7.39. The van der Waals surface area contributed by atoms with Crippen molar-refractivity contribution in [1.82, 2.24) is 4.90 Å². The molecule has 144 valence electrons. The number of aryl methyl sites for hydroxylation is 1. The van der Waals surface area contributed by atoms with E-state index >= 15 is 0 Å². The molecule has 1 unspecified atom stereocenters. The van der Waals surface area contributed by atoms with Crippen LogP contribution in [0, 0.1) is 6.92 Å². The second kappa shape index (κ2) is 9.53. The summed E-state index contributed by atoms with van der Waals surface area (Å²) >= 11 is 6.21. The summed E-state index contributed by atoms with van der Waals surface area (Å²) in [5.41, 5.74) is 2.84.